The minimum atomic E-state index is -0.683. The lowest BCUT2D eigenvalue weighted by molar-refractivity contribution is -0.111. The van der Waals surface area contributed by atoms with Crippen molar-refractivity contribution in [1.82, 2.24) is 0 Å². The number of para-hydroxylation sites is 1. The molecule has 0 saturated carbocycles. The first kappa shape index (κ1) is 13.3. The number of phenols is 1. The number of esters is 1. The van der Waals surface area contributed by atoms with Crippen LogP contribution in [0.4, 0.5) is 5.69 Å². The first-order valence-electron chi connectivity index (χ1n) is 4.95. The predicted molar refractivity (Wildman–Crippen MR) is 62.9 cm³/mol. The van der Waals surface area contributed by atoms with E-state index in [1.165, 1.54) is 18.2 Å². The number of nitrogen functional groups attached to an aromatic ring is 1. The topological polar surface area (TPSA) is 89.6 Å². The maximum Gasteiger partial charge on any atom is 0.341 e. The second-order valence-corrected chi connectivity index (χ2v) is 3.76. The Morgan fingerprint density at radius 2 is 2.12 bits per heavy atom. The number of ether oxygens (including phenoxy) is 1. The zero-order chi connectivity index (χ0) is 12.8. The third-order valence-electron chi connectivity index (χ3n) is 2.04. The smallest absolute Gasteiger partial charge is 0.341 e. The highest BCUT2D eigenvalue weighted by atomic mass is 35.5. The average molecular weight is 258 g/mol. The fourth-order valence-corrected chi connectivity index (χ4v) is 1.31. The van der Waals surface area contributed by atoms with Crippen LogP contribution in [0.2, 0.25) is 0 Å². The van der Waals surface area contributed by atoms with Crippen molar-refractivity contribution in [3.8, 4) is 5.75 Å². The minimum Gasteiger partial charge on any atom is -0.505 e. The second kappa shape index (κ2) is 6.10. The number of hydrogen-bond acceptors (Lipinski definition) is 5. The van der Waals surface area contributed by atoms with E-state index >= 15 is 0 Å². The third kappa shape index (κ3) is 3.96. The number of rotatable bonds is 5. The average Bonchev–Trinajstić information content (AvgIpc) is 2.27. The van der Waals surface area contributed by atoms with Gasteiger partial charge < -0.3 is 15.6 Å². The van der Waals surface area contributed by atoms with Crippen molar-refractivity contribution in [2.75, 3.05) is 12.3 Å². The van der Waals surface area contributed by atoms with Crippen LogP contribution in [-0.2, 0) is 9.53 Å². The van der Waals surface area contributed by atoms with E-state index in [-0.39, 0.29) is 30.0 Å². The molecule has 3 N–H and O–H groups in total. The maximum absolute atomic E-state index is 11.5. The van der Waals surface area contributed by atoms with Gasteiger partial charge in [0.2, 0.25) is 5.24 Å². The van der Waals surface area contributed by atoms with Crippen LogP contribution in [0.3, 0.4) is 0 Å². The summed E-state index contributed by atoms with van der Waals surface area (Å²) in [5, 5.41) is 9.03. The summed E-state index contributed by atoms with van der Waals surface area (Å²) in [6.45, 7) is 0.0610. The lowest BCUT2D eigenvalue weighted by Crippen LogP contribution is -2.08. The number of nitrogens with two attached hydrogens (primary N) is 1. The molecule has 0 aliphatic heterocycles. The van der Waals surface area contributed by atoms with Gasteiger partial charge in [0, 0.05) is 6.42 Å². The molecule has 6 heteroatoms. The molecule has 0 heterocycles. The van der Waals surface area contributed by atoms with Gasteiger partial charge in [-0.3, -0.25) is 4.79 Å². The number of halogens is 1. The Hall–Kier alpha value is -1.75. The Morgan fingerprint density at radius 3 is 2.76 bits per heavy atom. The predicted octanol–water partition coefficient (Wildman–Crippen LogP) is 1.68. The van der Waals surface area contributed by atoms with Gasteiger partial charge in [-0.25, -0.2) is 4.79 Å². The molecule has 0 aliphatic rings. The van der Waals surface area contributed by atoms with E-state index in [9.17, 15) is 14.7 Å². The van der Waals surface area contributed by atoms with Crippen molar-refractivity contribution in [3.63, 3.8) is 0 Å². The minimum absolute atomic E-state index is 0.00204. The standard InChI is InChI=1S/C11H12ClNO4/c12-9(14)5-2-6-17-11(16)7-3-1-4-8(13)10(7)15/h1,3-4,15H,2,5-6,13H2. The molecule has 0 amide bonds. The molecule has 1 rings (SSSR count). The first-order chi connectivity index (χ1) is 8.02. The van der Waals surface area contributed by atoms with Crippen LogP contribution in [0.25, 0.3) is 0 Å². The fourth-order valence-electron chi connectivity index (χ4n) is 1.18. The van der Waals surface area contributed by atoms with Gasteiger partial charge in [0.05, 0.1) is 12.3 Å². The van der Waals surface area contributed by atoms with Gasteiger partial charge in [-0.1, -0.05) is 6.07 Å². The van der Waals surface area contributed by atoms with E-state index < -0.39 is 11.2 Å². The van der Waals surface area contributed by atoms with Gasteiger partial charge in [-0.2, -0.15) is 0 Å². The zero-order valence-electron chi connectivity index (χ0n) is 8.98. The molecule has 1 aromatic carbocycles. The molecule has 0 saturated heterocycles. The van der Waals surface area contributed by atoms with Crippen LogP contribution in [0.1, 0.15) is 23.2 Å². The summed E-state index contributed by atoms with van der Waals surface area (Å²) >= 11 is 5.12. The van der Waals surface area contributed by atoms with Gasteiger partial charge in [0.15, 0.2) is 5.75 Å². The molecule has 0 aliphatic carbocycles. The summed E-state index contributed by atoms with van der Waals surface area (Å²) < 4.78 is 4.85. The van der Waals surface area contributed by atoms with Crippen molar-refractivity contribution < 1.29 is 19.4 Å². The summed E-state index contributed by atoms with van der Waals surface area (Å²) in [6.07, 6.45) is 0.481. The number of carbonyl (C=O) groups excluding carboxylic acids is 2. The van der Waals surface area contributed by atoms with Gasteiger partial charge in [-0.15, -0.1) is 0 Å². The first-order valence-corrected chi connectivity index (χ1v) is 5.33. The summed E-state index contributed by atoms with van der Waals surface area (Å²) in [5.74, 6) is -0.984. The highest BCUT2D eigenvalue weighted by molar-refractivity contribution is 6.63. The normalized spacial score (nSPS) is 9.94. The molecule has 0 unspecified atom stereocenters. The van der Waals surface area contributed by atoms with Gasteiger partial charge in [0.1, 0.15) is 5.56 Å². The van der Waals surface area contributed by atoms with Crippen LogP contribution < -0.4 is 5.73 Å². The third-order valence-corrected chi connectivity index (χ3v) is 2.23. The van der Waals surface area contributed by atoms with E-state index in [0.717, 1.165) is 0 Å². The number of aromatic hydroxyl groups is 1. The molecule has 0 spiro atoms. The van der Waals surface area contributed by atoms with Gasteiger partial charge in [-0.05, 0) is 30.2 Å². The molecule has 5 nitrogen and oxygen atoms in total. The van der Waals surface area contributed by atoms with E-state index in [1.54, 1.807) is 0 Å². The fraction of sp³-hybridized carbons (Fsp3) is 0.273. The van der Waals surface area contributed by atoms with Crippen molar-refractivity contribution in [1.29, 1.82) is 0 Å². The summed E-state index contributed by atoms with van der Waals surface area (Å²) in [4.78, 5) is 21.9. The van der Waals surface area contributed by atoms with E-state index in [2.05, 4.69) is 0 Å². The number of benzene rings is 1. The maximum atomic E-state index is 11.5. The number of carbonyl (C=O) groups is 2. The second-order valence-electron chi connectivity index (χ2n) is 3.34. The highest BCUT2D eigenvalue weighted by Crippen LogP contribution is 2.24. The largest absolute Gasteiger partial charge is 0.505 e. The molecular weight excluding hydrogens is 246 g/mol. The van der Waals surface area contributed by atoms with Gasteiger partial charge in [0.25, 0.3) is 0 Å². The number of phenolic OH excluding ortho intramolecular Hbond substituents is 1. The van der Waals surface area contributed by atoms with Crippen LogP contribution in [0.15, 0.2) is 18.2 Å². The Bertz CT molecular complexity index is 433. The van der Waals surface area contributed by atoms with Crippen LogP contribution in [-0.4, -0.2) is 22.9 Å². The molecule has 0 bridgehead atoms. The molecule has 1 aromatic rings. The van der Waals surface area contributed by atoms with Crippen LogP contribution in [0, 0.1) is 0 Å². The SMILES string of the molecule is Nc1cccc(C(=O)OCCCC(=O)Cl)c1O. The molecule has 0 fully saturated rings. The van der Waals surface area contributed by atoms with Gasteiger partial charge >= 0.3 is 5.97 Å². The molecule has 0 aromatic heterocycles. The van der Waals surface area contributed by atoms with E-state index in [1.807, 2.05) is 0 Å². The lowest BCUT2D eigenvalue weighted by Gasteiger charge is -2.06. The summed E-state index contributed by atoms with van der Waals surface area (Å²) in [5.41, 5.74) is 5.54. The monoisotopic (exact) mass is 257 g/mol. The lowest BCUT2D eigenvalue weighted by atomic mass is 10.2. The van der Waals surface area contributed by atoms with E-state index in [0.29, 0.717) is 6.42 Å². The summed E-state index contributed by atoms with van der Waals surface area (Å²) in [7, 11) is 0. The molecule has 17 heavy (non-hydrogen) atoms. The number of anilines is 1. The highest BCUT2D eigenvalue weighted by Gasteiger charge is 2.14. The Morgan fingerprint density at radius 1 is 1.41 bits per heavy atom. The quantitative estimate of drug-likeness (QED) is 0.275. The van der Waals surface area contributed by atoms with E-state index in [4.69, 9.17) is 22.1 Å². The van der Waals surface area contributed by atoms with Crippen LogP contribution in [0.5, 0.6) is 5.75 Å². The van der Waals surface area contributed by atoms with Crippen molar-refractivity contribution in [2.24, 2.45) is 0 Å². The molecule has 0 radical (unpaired) electrons. The number of hydrogen-bond donors (Lipinski definition) is 2. The van der Waals surface area contributed by atoms with Crippen LogP contribution >= 0.6 is 11.6 Å². The van der Waals surface area contributed by atoms with Crippen molar-refractivity contribution in [2.45, 2.75) is 12.8 Å². The molecule has 92 valence electrons. The molecule has 0 atom stereocenters. The Labute approximate surface area is 103 Å². The van der Waals surface area contributed by atoms with Crippen molar-refractivity contribution >= 4 is 28.5 Å². The Kier molecular flexibility index (Phi) is 4.78. The zero-order valence-corrected chi connectivity index (χ0v) is 9.74. The molecular formula is C11H12ClNO4. The van der Waals surface area contributed by atoms with Crippen molar-refractivity contribution in [3.05, 3.63) is 23.8 Å². The summed E-state index contributed by atoms with van der Waals surface area (Å²) in [6, 6.07) is 4.41. The Balaban J connectivity index is 2.53.